The Hall–Kier alpha value is -3.07. The van der Waals surface area contributed by atoms with Crippen molar-refractivity contribution in [3.05, 3.63) is 35.4 Å². The van der Waals surface area contributed by atoms with Gasteiger partial charge in [-0.15, -0.1) is 0 Å². The van der Waals surface area contributed by atoms with Crippen molar-refractivity contribution in [3.8, 4) is 11.5 Å². The number of rotatable bonds is 8. The van der Waals surface area contributed by atoms with Crippen molar-refractivity contribution in [2.75, 3.05) is 20.7 Å². The summed E-state index contributed by atoms with van der Waals surface area (Å²) in [5.74, 6) is -0.872. The number of amides is 1. The molecule has 35 heavy (non-hydrogen) atoms. The van der Waals surface area contributed by atoms with Crippen LogP contribution in [0.5, 0.6) is 11.5 Å². The van der Waals surface area contributed by atoms with Crippen LogP contribution in [0.4, 0.5) is 0 Å². The number of benzene rings is 1. The average molecular weight is 487 g/mol. The molecule has 3 aliphatic rings. The number of nitrogens with zero attached hydrogens (tertiary/aromatic N) is 1. The van der Waals surface area contributed by atoms with Gasteiger partial charge < -0.3 is 29.5 Å². The zero-order chi connectivity index (χ0) is 25.3. The lowest BCUT2D eigenvalue weighted by atomic mass is 9.69. The molecule has 2 N–H and O–H groups in total. The Morgan fingerprint density at radius 2 is 2.06 bits per heavy atom. The number of carbonyl (C=O) groups excluding carboxylic acids is 2. The molecule has 2 aliphatic heterocycles. The van der Waals surface area contributed by atoms with Crippen LogP contribution in [-0.2, 0) is 31.1 Å². The van der Waals surface area contributed by atoms with Crippen LogP contribution in [-0.4, -0.2) is 66.8 Å². The number of hydrogen-bond donors (Lipinski definition) is 2. The van der Waals surface area contributed by atoms with E-state index < -0.39 is 30.0 Å². The molecule has 2 heterocycles. The molecular formula is C26H34N2O7. The van der Waals surface area contributed by atoms with Gasteiger partial charge in [-0.25, -0.2) is 4.79 Å². The van der Waals surface area contributed by atoms with Gasteiger partial charge in [0, 0.05) is 24.9 Å². The molecule has 4 rings (SSSR count). The number of aliphatic carboxylic acids is 1. The van der Waals surface area contributed by atoms with Gasteiger partial charge in [0.15, 0.2) is 11.5 Å². The summed E-state index contributed by atoms with van der Waals surface area (Å²) in [6.07, 6.45) is 4.54. The van der Waals surface area contributed by atoms with Gasteiger partial charge in [0.25, 0.3) is 0 Å². The Kier molecular flexibility index (Phi) is 7.07. The van der Waals surface area contributed by atoms with Crippen molar-refractivity contribution in [1.29, 1.82) is 0 Å². The Morgan fingerprint density at radius 1 is 1.29 bits per heavy atom. The third kappa shape index (κ3) is 4.87. The monoisotopic (exact) mass is 486 g/mol. The average Bonchev–Trinajstić information content (AvgIpc) is 3.07. The second-order valence-corrected chi connectivity index (χ2v) is 10.0. The zero-order valence-corrected chi connectivity index (χ0v) is 20.7. The Labute approximate surface area is 205 Å². The van der Waals surface area contributed by atoms with Crippen LogP contribution in [0.1, 0.15) is 50.7 Å². The molecule has 1 amide bonds. The molecule has 1 spiro atoms. The maximum atomic E-state index is 12.5. The number of nitrogens with one attached hydrogen (secondary N) is 1. The number of carboxylic acid groups (broad SMARTS) is 1. The molecule has 0 fully saturated rings. The first-order valence-corrected chi connectivity index (χ1v) is 12.1. The van der Waals surface area contributed by atoms with Crippen LogP contribution in [0.15, 0.2) is 24.3 Å². The standard InChI is InChI=1S/C26H34N2O7/c1-15(2)23(25(31)32)27-20(29)7-8-21(30)34-17-9-10-26-11-12-28(3)14-16-5-6-18(33-4)24(22(16)26)35-19(26)13-17/h5-6,9-10,15,17,19,23H,7-8,11-14H2,1-4H3,(H,27,29)(H,31,32)/t17-,19-,23-,26-/m0/s1. The molecule has 0 saturated carbocycles. The molecule has 0 aromatic heterocycles. The van der Waals surface area contributed by atoms with Crippen molar-refractivity contribution >= 4 is 17.8 Å². The van der Waals surface area contributed by atoms with E-state index >= 15 is 0 Å². The van der Waals surface area contributed by atoms with E-state index in [1.807, 2.05) is 12.1 Å². The molecule has 0 saturated heterocycles. The number of esters is 1. The fourth-order valence-electron chi connectivity index (χ4n) is 5.36. The summed E-state index contributed by atoms with van der Waals surface area (Å²) in [7, 11) is 3.74. The fraction of sp³-hybridized carbons (Fsp3) is 0.577. The summed E-state index contributed by atoms with van der Waals surface area (Å²) in [4.78, 5) is 38.2. The first-order valence-electron chi connectivity index (χ1n) is 12.1. The van der Waals surface area contributed by atoms with Crippen molar-refractivity contribution in [3.63, 3.8) is 0 Å². The molecule has 0 unspecified atom stereocenters. The first-order chi connectivity index (χ1) is 16.6. The van der Waals surface area contributed by atoms with Gasteiger partial charge in [0.1, 0.15) is 18.2 Å². The summed E-state index contributed by atoms with van der Waals surface area (Å²) in [5.41, 5.74) is 2.09. The minimum Gasteiger partial charge on any atom is -0.493 e. The highest BCUT2D eigenvalue weighted by Gasteiger charge is 2.53. The summed E-state index contributed by atoms with van der Waals surface area (Å²) < 4.78 is 17.7. The number of carbonyl (C=O) groups is 3. The highest BCUT2D eigenvalue weighted by atomic mass is 16.6. The van der Waals surface area contributed by atoms with Crippen molar-refractivity contribution < 1.29 is 33.7 Å². The third-order valence-electron chi connectivity index (χ3n) is 7.22. The maximum Gasteiger partial charge on any atom is 0.326 e. The predicted octanol–water partition coefficient (Wildman–Crippen LogP) is 2.41. The van der Waals surface area contributed by atoms with Gasteiger partial charge in [-0.05, 0) is 43.6 Å². The second kappa shape index (κ2) is 9.89. The van der Waals surface area contributed by atoms with Crippen molar-refractivity contribution in [2.24, 2.45) is 5.92 Å². The van der Waals surface area contributed by atoms with E-state index in [9.17, 15) is 19.5 Å². The molecule has 190 valence electrons. The summed E-state index contributed by atoms with van der Waals surface area (Å²) >= 11 is 0. The fourth-order valence-corrected chi connectivity index (χ4v) is 5.36. The van der Waals surface area contributed by atoms with E-state index in [0.717, 1.165) is 25.3 Å². The molecule has 1 aromatic carbocycles. The molecule has 0 bridgehead atoms. The van der Waals surface area contributed by atoms with Gasteiger partial charge in [-0.1, -0.05) is 26.0 Å². The molecule has 0 radical (unpaired) electrons. The van der Waals surface area contributed by atoms with Gasteiger partial charge in [0.05, 0.1) is 18.9 Å². The molecule has 1 aromatic rings. The molecule has 9 nitrogen and oxygen atoms in total. The van der Waals surface area contributed by atoms with Gasteiger partial charge in [0.2, 0.25) is 5.91 Å². The van der Waals surface area contributed by atoms with Crippen LogP contribution in [0.25, 0.3) is 0 Å². The van der Waals surface area contributed by atoms with E-state index in [-0.39, 0.29) is 30.3 Å². The Morgan fingerprint density at radius 3 is 2.74 bits per heavy atom. The summed E-state index contributed by atoms with van der Waals surface area (Å²) in [6.45, 7) is 5.17. The normalized spacial score (nSPS) is 25.6. The largest absolute Gasteiger partial charge is 0.493 e. The third-order valence-corrected chi connectivity index (χ3v) is 7.22. The summed E-state index contributed by atoms with van der Waals surface area (Å²) in [5, 5.41) is 11.7. The van der Waals surface area contributed by atoms with Crippen LogP contribution in [0.3, 0.4) is 0 Å². The van der Waals surface area contributed by atoms with Gasteiger partial charge in [-0.2, -0.15) is 0 Å². The smallest absolute Gasteiger partial charge is 0.326 e. The second-order valence-electron chi connectivity index (χ2n) is 10.0. The predicted molar refractivity (Wildman–Crippen MR) is 127 cm³/mol. The number of ether oxygens (including phenoxy) is 3. The number of methoxy groups -OCH3 is 1. The van der Waals surface area contributed by atoms with E-state index in [0.29, 0.717) is 12.2 Å². The van der Waals surface area contributed by atoms with Gasteiger partial charge in [-0.3, -0.25) is 9.59 Å². The lowest BCUT2D eigenvalue weighted by Gasteiger charge is -2.36. The lowest BCUT2D eigenvalue weighted by Crippen LogP contribution is -2.44. The molecule has 1 aliphatic carbocycles. The zero-order valence-electron chi connectivity index (χ0n) is 20.7. The molecule has 4 atom stereocenters. The topological polar surface area (TPSA) is 114 Å². The summed E-state index contributed by atoms with van der Waals surface area (Å²) in [6, 6.07) is 3.06. The molecule has 9 heteroatoms. The van der Waals surface area contributed by atoms with Crippen LogP contribution in [0, 0.1) is 5.92 Å². The first kappa shape index (κ1) is 25.0. The van der Waals surface area contributed by atoms with E-state index in [4.69, 9.17) is 14.2 Å². The van der Waals surface area contributed by atoms with Crippen LogP contribution in [0.2, 0.25) is 0 Å². The quantitative estimate of drug-likeness (QED) is 0.425. The van der Waals surface area contributed by atoms with Gasteiger partial charge >= 0.3 is 11.9 Å². The number of hydrogen-bond acceptors (Lipinski definition) is 7. The highest BCUT2D eigenvalue weighted by molar-refractivity contribution is 5.86. The van der Waals surface area contributed by atoms with Crippen LogP contribution >= 0.6 is 0 Å². The van der Waals surface area contributed by atoms with Crippen molar-refractivity contribution in [2.45, 2.75) is 69.7 Å². The molecular weight excluding hydrogens is 452 g/mol. The number of carboxylic acids is 1. The minimum atomic E-state index is -1.10. The van der Waals surface area contributed by atoms with Crippen LogP contribution < -0.4 is 14.8 Å². The van der Waals surface area contributed by atoms with Crippen molar-refractivity contribution in [1.82, 2.24) is 10.2 Å². The van der Waals surface area contributed by atoms with E-state index in [1.54, 1.807) is 21.0 Å². The Bertz CT molecular complexity index is 1040. The van der Waals surface area contributed by atoms with E-state index in [2.05, 4.69) is 29.4 Å². The SMILES string of the molecule is COc1ccc2c3c1O[C@H]1C[C@@H](OC(=O)CCC(=O)N[C@H](C(=O)O)C(C)C)C=C[C@@]31CCN(C)C2. The highest BCUT2D eigenvalue weighted by Crippen LogP contribution is 2.55. The lowest BCUT2D eigenvalue weighted by molar-refractivity contribution is -0.149. The maximum absolute atomic E-state index is 12.5. The van der Waals surface area contributed by atoms with E-state index in [1.165, 1.54) is 11.1 Å². The Balaban J connectivity index is 1.42. The minimum absolute atomic E-state index is 0.125.